The summed E-state index contributed by atoms with van der Waals surface area (Å²) in [5, 5.41) is 6.40. The molecule has 1 atom stereocenters. The van der Waals surface area contributed by atoms with Gasteiger partial charge in [0, 0.05) is 32.7 Å². The lowest BCUT2D eigenvalue weighted by atomic mass is 10.1. The van der Waals surface area contributed by atoms with Gasteiger partial charge in [0.05, 0.1) is 12.2 Å². The van der Waals surface area contributed by atoms with Crippen LogP contribution in [0.2, 0.25) is 0 Å². The molecule has 0 aliphatic carbocycles. The van der Waals surface area contributed by atoms with Gasteiger partial charge in [-0.05, 0) is 30.5 Å². The van der Waals surface area contributed by atoms with Gasteiger partial charge in [-0.15, -0.1) is 24.0 Å². The van der Waals surface area contributed by atoms with Gasteiger partial charge in [0.15, 0.2) is 5.96 Å². The zero-order valence-electron chi connectivity index (χ0n) is 13.5. The Morgan fingerprint density at radius 2 is 1.96 bits per heavy atom. The third kappa shape index (κ3) is 6.84. The number of hydrogen-bond acceptors (Lipinski definition) is 2. The molecule has 1 aromatic rings. The number of alkyl halides is 3. The van der Waals surface area contributed by atoms with E-state index in [0.29, 0.717) is 24.8 Å². The minimum absolute atomic E-state index is 0. The first-order chi connectivity index (χ1) is 11.0. The Balaban J connectivity index is 0.00000288. The maximum absolute atomic E-state index is 12.5. The molecule has 0 radical (unpaired) electrons. The van der Waals surface area contributed by atoms with Crippen LogP contribution < -0.4 is 10.6 Å². The maximum atomic E-state index is 12.5. The fourth-order valence-corrected chi connectivity index (χ4v) is 2.39. The smallest absolute Gasteiger partial charge is 0.381 e. The number of nitrogens with zero attached hydrogens (tertiary/aromatic N) is 1. The summed E-state index contributed by atoms with van der Waals surface area (Å²) >= 11 is 0. The lowest BCUT2D eigenvalue weighted by Gasteiger charge is -2.14. The van der Waals surface area contributed by atoms with E-state index in [0.717, 1.165) is 43.9 Å². The SMILES string of the molecule is CN=C(NCCc1ccc(C(F)(F)F)cc1)NCC1CCOC1.I. The first-order valence-corrected chi connectivity index (χ1v) is 7.67. The summed E-state index contributed by atoms with van der Waals surface area (Å²) < 4.78 is 42.8. The topological polar surface area (TPSA) is 45.7 Å². The summed E-state index contributed by atoms with van der Waals surface area (Å²) in [7, 11) is 1.69. The van der Waals surface area contributed by atoms with Crippen molar-refractivity contribution in [1.29, 1.82) is 0 Å². The molecule has 0 aromatic heterocycles. The van der Waals surface area contributed by atoms with Crippen LogP contribution in [-0.2, 0) is 17.3 Å². The molecule has 24 heavy (non-hydrogen) atoms. The van der Waals surface area contributed by atoms with E-state index in [4.69, 9.17) is 4.74 Å². The Bertz CT molecular complexity index is 514. The summed E-state index contributed by atoms with van der Waals surface area (Å²) in [4.78, 5) is 4.13. The largest absolute Gasteiger partial charge is 0.416 e. The lowest BCUT2D eigenvalue weighted by Crippen LogP contribution is -2.40. The van der Waals surface area contributed by atoms with Crippen molar-refractivity contribution in [3.05, 3.63) is 35.4 Å². The second-order valence-electron chi connectivity index (χ2n) is 5.55. The second-order valence-corrected chi connectivity index (χ2v) is 5.55. The van der Waals surface area contributed by atoms with E-state index in [1.165, 1.54) is 12.1 Å². The van der Waals surface area contributed by atoms with Crippen molar-refractivity contribution in [1.82, 2.24) is 10.6 Å². The molecular weight excluding hydrogens is 434 g/mol. The molecule has 0 bridgehead atoms. The molecule has 1 heterocycles. The number of nitrogens with one attached hydrogen (secondary N) is 2. The van der Waals surface area contributed by atoms with E-state index < -0.39 is 11.7 Å². The summed E-state index contributed by atoms with van der Waals surface area (Å²) in [6.07, 6.45) is -2.60. The molecule has 136 valence electrons. The van der Waals surface area contributed by atoms with Crippen LogP contribution in [0.25, 0.3) is 0 Å². The average Bonchev–Trinajstić information content (AvgIpc) is 3.03. The number of hydrogen-bond donors (Lipinski definition) is 2. The first kappa shape index (κ1) is 21.0. The highest BCUT2D eigenvalue weighted by Gasteiger charge is 2.29. The number of guanidine groups is 1. The van der Waals surface area contributed by atoms with Crippen LogP contribution in [0.3, 0.4) is 0 Å². The zero-order chi connectivity index (χ0) is 16.7. The quantitative estimate of drug-likeness (QED) is 0.406. The Kier molecular flexibility index (Phi) is 8.82. The Labute approximate surface area is 157 Å². The highest BCUT2D eigenvalue weighted by atomic mass is 127. The van der Waals surface area contributed by atoms with Crippen LogP contribution in [0.1, 0.15) is 17.5 Å². The van der Waals surface area contributed by atoms with Crippen LogP contribution in [0.5, 0.6) is 0 Å². The summed E-state index contributed by atoms with van der Waals surface area (Å²) in [6, 6.07) is 5.25. The average molecular weight is 457 g/mol. The monoisotopic (exact) mass is 457 g/mol. The van der Waals surface area contributed by atoms with Crippen LogP contribution in [0.15, 0.2) is 29.3 Å². The first-order valence-electron chi connectivity index (χ1n) is 7.67. The summed E-state index contributed by atoms with van der Waals surface area (Å²) in [5.41, 5.74) is 0.232. The Morgan fingerprint density at radius 3 is 2.50 bits per heavy atom. The fourth-order valence-electron chi connectivity index (χ4n) is 2.39. The summed E-state index contributed by atoms with van der Waals surface area (Å²) in [5.74, 6) is 1.20. The second kappa shape index (κ2) is 10.1. The number of aliphatic imine (C=N–C) groups is 1. The molecule has 0 saturated carbocycles. The third-order valence-corrected chi connectivity index (χ3v) is 3.79. The molecule has 2 N–H and O–H groups in total. The van der Waals surface area contributed by atoms with Gasteiger partial charge in [0.1, 0.15) is 0 Å². The standard InChI is InChI=1S/C16H22F3N3O.HI/c1-20-15(22-10-13-7-9-23-11-13)21-8-6-12-2-4-14(5-3-12)16(17,18)19;/h2-5,13H,6-11H2,1H3,(H2,20,21,22);1H. The van der Waals surface area contributed by atoms with Crippen LogP contribution in [0, 0.1) is 5.92 Å². The van der Waals surface area contributed by atoms with E-state index >= 15 is 0 Å². The highest BCUT2D eigenvalue weighted by molar-refractivity contribution is 14.0. The summed E-state index contributed by atoms with van der Waals surface area (Å²) in [6.45, 7) is 2.99. The predicted octanol–water partition coefficient (Wildman–Crippen LogP) is 3.07. The van der Waals surface area contributed by atoms with Gasteiger partial charge < -0.3 is 15.4 Å². The van der Waals surface area contributed by atoms with Crippen molar-refractivity contribution in [3.63, 3.8) is 0 Å². The molecule has 8 heteroatoms. The van der Waals surface area contributed by atoms with E-state index in [-0.39, 0.29) is 24.0 Å². The zero-order valence-corrected chi connectivity index (χ0v) is 15.9. The van der Waals surface area contributed by atoms with E-state index in [1.54, 1.807) is 7.05 Å². The number of ether oxygens (including phenoxy) is 1. The highest BCUT2D eigenvalue weighted by Crippen LogP contribution is 2.29. The molecule has 1 saturated heterocycles. The van der Waals surface area contributed by atoms with Crippen molar-refractivity contribution in [3.8, 4) is 0 Å². The minimum atomic E-state index is -4.29. The van der Waals surface area contributed by atoms with Gasteiger partial charge in [-0.2, -0.15) is 13.2 Å². The van der Waals surface area contributed by atoms with Crippen molar-refractivity contribution in [2.24, 2.45) is 10.9 Å². The lowest BCUT2D eigenvalue weighted by molar-refractivity contribution is -0.137. The molecule has 1 aliphatic heterocycles. The molecule has 1 aromatic carbocycles. The van der Waals surface area contributed by atoms with Crippen molar-refractivity contribution in [2.45, 2.75) is 19.0 Å². The minimum Gasteiger partial charge on any atom is -0.381 e. The Morgan fingerprint density at radius 1 is 1.25 bits per heavy atom. The number of benzene rings is 1. The number of rotatable bonds is 5. The van der Waals surface area contributed by atoms with E-state index in [9.17, 15) is 13.2 Å². The molecule has 4 nitrogen and oxygen atoms in total. The van der Waals surface area contributed by atoms with E-state index in [1.807, 2.05) is 0 Å². The third-order valence-electron chi connectivity index (χ3n) is 3.79. The molecule has 2 rings (SSSR count). The van der Waals surface area contributed by atoms with Crippen LogP contribution in [-0.4, -0.2) is 39.3 Å². The maximum Gasteiger partial charge on any atom is 0.416 e. The van der Waals surface area contributed by atoms with E-state index in [2.05, 4.69) is 15.6 Å². The van der Waals surface area contributed by atoms with Crippen molar-refractivity contribution in [2.75, 3.05) is 33.4 Å². The van der Waals surface area contributed by atoms with Crippen LogP contribution >= 0.6 is 24.0 Å². The predicted molar refractivity (Wildman–Crippen MR) is 98.9 cm³/mol. The van der Waals surface area contributed by atoms with Crippen molar-refractivity contribution >= 4 is 29.9 Å². The number of halogens is 4. The molecule has 1 unspecified atom stereocenters. The van der Waals surface area contributed by atoms with Gasteiger partial charge in [0.2, 0.25) is 0 Å². The molecule has 1 fully saturated rings. The van der Waals surface area contributed by atoms with Crippen LogP contribution in [0.4, 0.5) is 13.2 Å². The van der Waals surface area contributed by atoms with Gasteiger partial charge in [0.25, 0.3) is 0 Å². The van der Waals surface area contributed by atoms with Crippen molar-refractivity contribution < 1.29 is 17.9 Å². The normalized spacial score (nSPS) is 18.2. The van der Waals surface area contributed by atoms with Gasteiger partial charge in [-0.3, -0.25) is 4.99 Å². The fraction of sp³-hybridized carbons (Fsp3) is 0.562. The molecule has 0 amide bonds. The van der Waals surface area contributed by atoms with Gasteiger partial charge in [-0.1, -0.05) is 12.1 Å². The van der Waals surface area contributed by atoms with Gasteiger partial charge >= 0.3 is 6.18 Å². The van der Waals surface area contributed by atoms with Gasteiger partial charge in [-0.25, -0.2) is 0 Å². The molecule has 1 aliphatic rings. The Hall–Kier alpha value is -1.03. The molecular formula is C16H23F3IN3O. The molecule has 0 spiro atoms.